The fourth-order valence-corrected chi connectivity index (χ4v) is 1.93. The summed E-state index contributed by atoms with van der Waals surface area (Å²) in [4.78, 5) is 23.1. The van der Waals surface area contributed by atoms with E-state index < -0.39 is 36.1 Å². The monoisotopic (exact) mass is 348 g/mol. The molecule has 0 saturated heterocycles. The molecule has 0 fully saturated rings. The summed E-state index contributed by atoms with van der Waals surface area (Å²) in [6.07, 6.45) is -3.77. The molecule has 0 aliphatic heterocycles. The molecule has 0 bridgehead atoms. The minimum Gasteiger partial charge on any atom is -0.480 e. The normalized spacial score (nSPS) is 13.9. The van der Waals surface area contributed by atoms with Crippen LogP contribution in [-0.4, -0.2) is 35.4 Å². The number of alkyl halides is 3. The Morgan fingerprint density at radius 2 is 1.83 bits per heavy atom. The van der Waals surface area contributed by atoms with E-state index in [0.29, 0.717) is 12.8 Å². The van der Waals surface area contributed by atoms with Gasteiger partial charge in [-0.15, -0.1) is 13.2 Å². The van der Waals surface area contributed by atoms with E-state index in [-0.39, 0.29) is 5.69 Å². The lowest BCUT2D eigenvalue weighted by atomic mass is 10.1. The Bertz CT molecular complexity index is 561. The number of anilines is 1. The molecule has 0 spiro atoms. The second-order valence-electron chi connectivity index (χ2n) is 5.13. The average Bonchev–Trinajstić information content (AvgIpc) is 2.47. The highest BCUT2D eigenvalue weighted by Crippen LogP contribution is 2.23. The summed E-state index contributed by atoms with van der Waals surface area (Å²) in [6, 6.07) is 3.01. The number of carbonyl (C=O) groups is 2. The van der Waals surface area contributed by atoms with Crippen LogP contribution in [0.5, 0.6) is 5.75 Å². The van der Waals surface area contributed by atoms with Gasteiger partial charge in [-0.3, -0.25) is 14.9 Å². The van der Waals surface area contributed by atoms with Crippen molar-refractivity contribution in [3.8, 4) is 5.75 Å². The van der Waals surface area contributed by atoms with Gasteiger partial charge >= 0.3 is 12.3 Å². The summed E-state index contributed by atoms with van der Waals surface area (Å²) in [7, 11) is 0. The molecule has 1 rings (SSSR count). The number of rotatable bonds is 8. The Kier molecular flexibility index (Phi) is 7.02. The molecule has 1 aromatic rings. The van der Waals surface area contributed by atoms with Crippen molar-refractivity contribution in [2.24, 2.45) is 0 Å². The summed E-state index contributed by atoms with van der Waals surface area (Å²) >= 11 is 0. The number of carboxylic acid groups (broad SMARTS) is 1. The number of hydrogen-bond acceptors (Lipinski definition) is 4. The van der Waals surface area contributed by atoms with Crippen LogP contribution in [0, 0.1) is 0 Å². The Morgan fingerprint density at radius 1 is 1.25 bits per heavy atom. The molecule has 2 unspecified atom stereocenters. The van der Waals surface area contributed by atoms with Crippen LogP contribution in [0.1, 0.15) is 26.7 Å². The molecule has 0 aliphatic rings. The van der Waals surface area contributed by atoms with Gasteiger partial charge in [0.25, 0.3) is 0 Å². The van der Waals surface area contributed by atoms with Crippen molar-refractivity contribution in [1.29, 1.82) is 0 Å². The number of carboxylic acids is 1. The van der Waals surface area contributed by atoms with Crippen LogP contribution < -0.4 is 15.4 Å². The van der Waals surface area contributed by atoms with Crippen LogP contribution in [-0.2, 0) is 9.59 Å². The van der Waals surface area contributed by atoms with Crippen LogP contribution in [0.15, 0.2) is 24.3 Å². The molecule has 24 heavy (non-hydrogen) atoms. The Balaban J connectivity index is 2.61. The van der Waals surface area contributed by atoms with Gasteiger partial charge in [0.05, 0.1) is 6.04 Å². The lowest BCUT2D eigenvalue weighted by Gasteiger charge is -2.19. The molecule has 0 aliphatic carbocycles. The third-order valence-corrected chi connectivity index (χ3v) is 3.08. The van der Waals surface area contributed by atoms with Gasteiger partial charge in [0.2, 0.25) is 5.91 Å². The first-order valence-electron chi connectivity index (χ1n) is 7.28. The van der Waals surface area contributed by atoms with Gasteiger partial charge in [-0.2, -0.15) is 0 Å². The summed E-state index contributed by atoms with van der Waals surface area (Å²) < 4.78 is 39.9. The minimum absolute atomic E-state index is 0.269. The van der Waals surface area contributed by atoms with E-state index in [1.165, 1.54) is 19.1 Å². The molecular weight excluding hydrogens is 329 g/mol. The average molecular weight is 348 g/mol. The standard InChI is InChI=1S/C15H19F3N2O4/c1-3-4-12(14(22)23)19-9(2)13(21)20-10-5-7-11(8-6-10)24-15(16,17)18/h5-9,12,19H,3-4H2,1-2H3,(H,20,21)(H,22,23). The number of aliphatic carboxylic acids is 1. The number of benzene rings is 1. The first-order chi connectivity index (χ1) is 11.1. The van der Waals surface area contributed by atoms with Gasteiger partial charge in [0, 0.05) is 5.69 Å². The van der Waals surface area contributed by atoms with E-state index in [1.807, 2.05) is 6.92 Å². The highest BCUT2D eigenvalue weighted by atomic mass is 19.4. The predicted octanol–water partition coefficient (Wildman–Crippen LogP) is 2.76. The van der Waals surface area contributed by atoms with E-state index >= 15 is 0 Å². The maximum atomic E-state index is 12.1. The van der Waals surface area contributed by atoms with Gasteiger partial charge in [0.15, 0.2) is 0 Å². The van der Waals surface area contributed by atoms with Crippen molar-refractivity contribution >= 4 is 17.6 Å². The van der Waals surface area contributed by atoms with Crippen LogP contribution in [0.3, 0.4) is 0 Å². The molecule has 3 N–H and O–H groups in total. The number of nitrogens with one attached hydrogen (secondary N) is 2. The van der Waals surface area contributed by atoms with Crippen molar-refractivity contribution in [3.05, 3.63) is 24.3 Å². The molecule has 6 nitrogen and oxygen atoms in total. The Morgan fingerprint density at radius 3 is 2.29 bits per heavy atom. The van der Waals surface area contributed by atoms with Gasteiger partial charge in [-0.1, -0.05) is 13.3 Å². The minimum atomic E-state index is -4.78. The zero-order valence-corrected chi connectivity index (χ0v) is 13.2. The lowest BCUT2D eigenvalue weighted by molar-refractivity contribution is -0.274. The highest BCUT2D eigenvalue weighted by molar-refractivity contribution is 5.95. The molecule has 0 saturated carbocycles. The zero-order valence-electron chi connectivity index (χ0n) is 13.2. The van der Waals surface area contributed by atoms with Crippen molar-refractivity contribution in [3.63, 3.8) is 0 Å². The smallest absolute Gasteiger partial charge is 0.480 e. The van der Waals surface area contributed by atoms with Crippen molar-refractivity contribution < 1.29 is 32.6 Å². The van der Waals surface area contributed by atoms with Gasteiger partial charge in [-0.25, -0.2) is 0 Å². The third kappa shape index (κ3) is 6.86. The molecular formula is C15H19F3N2O4. The number of ether oxygens (including phenoxy) is 1. The molecule has 0 heterocycles. The van der Waals surface area contributed by atoms with E-state index in [9.17, 15) is 22.8 Å². The number of halogens is 3. The van der Waals surface area contributed by atoms with Gasteiger partial charge in [0.1, 0.15) is 11.8 Å². The lowest BCUT2D eigenvalue weighted by Crippen LogP contribution is -2.47. The molecule has 1 aromatic carbocycles. The van der Waals surface area contributed by atoms with Crippen molar-refractivity contribution in [1.82, 2.24) is 5.32 Å². The maximum Gasteiger partial charge on any atom is 0.573 e. The fraction of sp³-hybridized carbons (Fsp3) is 0.467. The first kappa shape index (κ1) is 19.8. The second-order valence-corrected chi connectivity index (χ2v) is 5.13. The quantitative estimate of drug-likeness (QED) is 0.672. The van der Waals surface area contributed by atoms with Crippen LogP contribution >= 0.6 is 0 Å². The molecule has 1 amide bonds. The first-order valence-corrected chi connectivity index (χ1v) is 7.28. The highest BCUT2D eigenvalue weighted by Gasteiger charge is 2.31. The van der Waals surface area contributed by atoms with E-state index in [2.05, 4.69) is 15.4 Å². The van der Waals surface area contributed by atoms with Crippen molar-refractivity contribution in [2.75, 3.05) is 5.32 Å². The molecule has 134 valence electrons. The molecule has 2 atom stereocenters. The van der Waals surface area contributed by atoms with Crippen LogP contribution in [0.4, 0.5) is 18.9 Å². The molecule has 0 radical (unpaired) electrons. The predicted molar refractivity (Wildman–Crippen MR) is 80.7 cm³/mol. The van der Waals surface area contributed by atoms with Crippen molar-refractivity contribution in [2.45, 2.75) is 45.1 Å². The largest absolute Gasteiger partial charge is 0.573 e. The molecule has 9 heteroatoms. The SMILES string of the molecule is CCCC(NC(C)C(=O)Nc1ccc(OC(F)(F)F)cc1)C(=O)O. The Hall–Kier alpha value is -2.29. The Labute approximate surface area is 137 Å². The summed E-state index contributed by atoms with van der Waals surface area (Å²) in [6.45, 7) is 3.33. The second kappa shape index (κ2) is 8.53. The van der Waals surface area contributed by atoms with E-state index in [1.54, 1.807) is 0 Å². The maximum absolute atomic E-state index is 12.1. The number of amides is 1. The number of hydrogen-bond donors (Lipinski definition) is 3. The third-order valence-electron chi connectivity index (χ3n) is 3.08. The van der Waals surface area contributed by atoms with Crippen LogP contribution in [0.2, 0.25) is 0 Å². The summed E-state index contributed by atoms with van der Waals surface area (Å²) in [5.74, 6) is -1.95. The van der Waals surface area contributed by atoms with Gasteiger partial charge in [-0.05, 0) is 37.6 Å². The topological polar surface area (TPSA) is 87.7 Å². The zero-order chi connectivity index (χ0) is 18.3. The van der Waals surface area contributed by atoms with E-state index in [4.69, 9.17) is 5.11 Å². The van der Waals surface area contributed by atoms with E-state index in [0.717, 1.165) is 12.1 Å². The number of carbonyl (C=O) groups excluding carboxylic acids is 1. The molecule has 0 aromatic heterocycles. The summed E-state index contributed by atoms with van der Waals surface area (Å²) in [5, 5.41) is 14.2. The fourth-order valence-electron chi connectivity index (χ4n) is 1.93. The summed E-state index contributed by atoms with van der Waals surface area (Å²) in [5.41, 5.74) is 0.269. The van der Waals surface area contributed by atoms with Gasteiger partial charge < -0.3 is 15.2 Å². The van der Waals surface area contributed by atoms with Crippen LogP contribution in [0.25, 0.3) is 0 Å².